The Morgan fingerprint density at radius 1 is 1.00 bits per heavy atom. The number of nitrogens with one attached hydrogen (secondary N) is 1. The van der Waals surface area contributed by atoms with Crippen molar-refractivity contribution in [2.24, 2.45) is 5.92 Å². The Balaban J connectivity index is 1.83. The number of pyridine rings is 1. The van der Waals surface area contributed by atoms with Gasteiger partial charge in [-0.1, -0.05) is 49.6 Å². The molecule has 2 aromatic rings. The van der Waals surface area contributed by atoms with Crippen LogP contribution >= 0.6 is 0 Å². The Morgan fingerprint density at radius 2 is 1.76 bits per heavy atom. The largest absolute Gasteiger partial charge is 0.377 e. The smallest absolute Gasteiger partial charge is 0.0542 e. The summed E-state index contributed by atoms with van der Waals surface area (Å²) in [5, 5.41) is 3.73. The van der Waals surface area contributed by atoms with E-state index in [0.29, 0.717) is 6.04 Å². The lowest BCUT2D eigenvalue weighted by atomic mass is 9.81. The Hall–Kier alpha value is -1.83. The first-order valence-electron chi connectivity index (χ1n) is 8.07. The van der Waals surface area contributed by atoms with Crippen molar-refractivity contribution in [1.29, 1.82) is 0 Å². The van der Waals surface area contributed by atoms with Crippen LogP contribution in [0.1, 0.15) is 49.4 Å². The summed E-state index contributed by atoms with van der Waals surface area (Å²) in [7, 11) is 0. The van der Waals surface area contributed by atoms with Gasteiger partial charge in [-0.15, -0.1) is 0 Å². The number of rotatable bonds is 4. The van der Waals surface area contributed by atoms with Crippen molar-refractivity contribution < 1.29 is 0 Å². The topological polar surface area (TPSA) is 24.9 Å². The molecule has 0 amide bonds. The quantitative estimate of drug-likeness (QED) is 0.840. The highest BCUT2D eigenvalue weighted by atomic mass is 14.9. The van der Waals surface area contributed by atoms with Gasteiger partial charge in [-0.3, -0.25) is 4.98 Å². The van der Waals surface area contributed by atoms with Gasteiger partial charge in [-0.2, -0.15) is 0 Å². The van der Waals surface area contributed by atoms with E-state index in [2.05, 4.69) is 52.8 Å². The maximum absolute atomic E-state index is 4.41. The normalized spacial score (nSPS) is 17.4. The highest BCUT2D eigenvalue weighted by Gasteiger charge is 2.24. The minimum Gasteiger partial charge on any atom is -0.377 e. The first-order chi connectivity index (χ1) is 10.3. The van der Waals surface area contributed by atoms with Crippen LogP contribution < -0.4 is 5.32 Å². The molecule has 21 heavy (non-hydrogen) atoms. The summed E-state index contributed by atoms with van der Waals surface area (Å²) in [6, 6.07) is 15.5. The second-order valence-electron chi connectivity index (χ2n) is 6.12. The summed E-state index contributed by atoms with van der Waals surface area (Å²) in [5.74, 6) is 0.724. The molecule has 1 atom stereocenters. The number of benzene rings is 1. The molecule has 0 aliphatic heterocycles. The van der Waals surface area contributed by atoms with Gasteiger partial charge in [0.2, 0.25) is 0 Å². The molecule has 1 aromatic heterocycles. The molecule has 1 unspecified atom stereocenters. The lowest BCUT2D eigenvalue weighted by Crippen LogP contribution is -2.23. The molecule has 1 fully saturated rings. The van der Waals surface area contributed by atoms with Crippen LogP contribution in [0.5, 0.6) is 0 Å². The molecule has 1 aliphatic rings. The van der Waals surface area contributed by atoms with Gasteiger partial charge in [0.25, 0.3) is 0 Å². The van der Waals surface area contributed by atoms with Crippen molar-refractivity contribution in [3.05, 3.63) is 59.9 Å². The molecule has 3 rings (SSSR count). The molecule has 110 valence electrons. The van der Waals surface area contributed by atoms with E-state index in [4.69, 9.17) is 0 Å². The first-order valence-corrected chi connectivity index (χ1v) is 8.07. The van der Waals surface area contributed by atoms with Gasteiger partial charge in [0.05, 0.1) is 17.9 Å². The third-order valence-electron chi connectivity index (χ3n) is 4.51. The zero-order chi connectivity index (χ0) is 14.5. The summed E-state index contributed by atoms with van der Waals surface area (Å²) in [6.07, 6.45) is 8.72. The third-order valence-corrected chi connectivity index (χ3v) is 4.51. The average molecular weight is 280 g/mol. The van der Waals surface area contributed by atoms with Crippen molar-refractivity contribution in [2.75, 3.05) is 5.32 Å². The number of hydrogen-bond donors (Lipinski definition) is 1. The van der Waals surface area contributed by atoms with Crippen molar-refractivity contribution in [1.82, 2.24) is 4.98 Å². The minimum atomic E-state index is 0.399. The second kappa shape index (κ2) is 6.75. The average Bonchev–Trinajstić information content (AvgIpc) is 2.56. The molecule has 2 nitrogen and oxygen atoms in total. The zero-order valence-electron chi connectivity index (χ0n) is 12.8. The summed E-state index contributed by atoms with van der Waals surface area (Å²) in [5.41, 5.74) is 3.58. The monoisotopic (exact) mass is 280 g/mol. The molecule has 1 heterocycles. The van der Waals surface area contributed by atoms with Crippen LogP contribution in [0.4, 0.5) is 5.69 Å². The van der Waals surface area contributed by atoms with E-state index in [1.165, 1.54) is 37.7 Å². The van der Waals surface area contributed by atoms with E-state index in [0.717, 1.165) is 17.3 Å². The fourth-order valence-electron chi connectivity index (χ4n) is 3.33. The van der Waals surface area contributed by atoms with E-state index >= 15 is 0 Å². The van der Waals surface area contributed by atoms with Gasteiger partial charge in [0, 0.05) is 5.69 Å². The lowest BCUT2D eigenvalue weighted by molar-refractivity contribution is 0.321. The molecule has 1 aromatic carbocycles. The number of nitrogens with zero attached hydrogens (tertiary/aromatic N) is 1. The van der Waals surface area contributed by atoms with Gasteiger partial charge in [0.1, 0.15) is 0 Å². The molecule has 0 bridgehead atoms. The lowest BCUT2D eigenvalue weighted by Gasteiger charge is -2.32. The molecule has 0 radical (unpaired) electrons. The molecule has 2 heteroatoms. The van der Waals surface area contributed by atoms with Crippen molar-refractivity contribution >= 4 is 5.69 Å². The maximum atomic E-state index is 4.41. The third kappa shape index (κ3) is 3.63. The fraction of sp³-hybridized carbons (Fsp3) is 0.421. The van der Waals surface area contributed by atoms with Crippen LogP contribution in [-0.4, -0.2) is 4.98 Å². The molecule has 0 saturated heterocycles. The van der Waals surface area contributed by atoms with Crippen molar-refractivity contribution in [3.63, 3.8) is 0 Å². The van der Waals surface area contributed by atoms with Crippen molar-refractivity contribution in [2.45, 2.75) is 45.1 Å². The standard InChI is InChI=1S/C19H24N2/c1-15-12-13-18(14-20-15)21-19(16-8-4-2-5-9-16)17-10-6-3-7-11-17/h2,4-5,8-9,12-14,17,19,21H,3,6-7,10-11H2,1H3. The molecule has 1 aliphatic carbocycles. The molecular formula is C19H24N2. The van der Waals surface area contributed by atoms with Crippen LogP contribution in [0, 0.1) is 12.8 Å². The predicted octanol–water partition coefficient (Wildman–Crippen LogP) is 5.12. The Labute approximate surface area is 127 Å². The second-order valence-corrected chi connectivity index (χ2v) is 6.12. The van der Waals surface area contributed by atoms with Crippen molar-refractivity contribution in [3.8, 4) is 0 Å². The number of aryl methyl sites for hydroxylation is 1. The Kier molecular flexibility index (Phi) is 4.54. The Bertz CT molecular complexity index is 542. The molecule has 1 N–H and O–H groups in total. The molecular weight excluding hydrogens is 256 g/mol. The summed E-state index contributed by atoms with van der Waals surface area (Å²) in [4.78, 5) is 4.41. The van der Waals surface area contributed by atoms with Gasteiger partial charge in [-0.05, 0) is 43.4 Å². The van der Waals surface area contributed by atoms with Gasteiger partial charge in [-0.25, -0.2) is 0 Å². The summed E-state index contributed by atoms with van der Waals surface area (Å²) in [6.45, 7) is 2.03. The van der Waals surface area contributed by atoms with Gasteiger partial charge >= 0.3 is 0 Å². The fourth-order valence-corrected chi connectivity index (χ4v) is 3.33. The van der Waals surface area contributed by atoms with Gasteiger partial charge < -0.3 is 5.32 Å². The van der Waals surface area contributed by atoms with Crippen LogP contribution in [0.3, 0.4) is 0 Å². The van der Waals surface area contributed by atoms with E-state index in [1.807, 2.05) is 13.1 Å². The van der Waals surface area contributed by atoms with Crippen LogP contribution in [0.2, 0.25) is 0 Å². The van der Waals surface area contributed by atoms with E-state index in [9.17, 15) is 0 Å². The number of hydrogen-bond acceptors (Lipinski definition) is 2. The maximum Gasteiger partial charge on any atom is 0.0542 e. The van der Waals surface area contributed by atoms with E-state index in [-0.39, 0.29) is 0 Å². The highest BCUT2D eigenvalue weighted by Crippen LogP contribution is 2.36. The summed E-state index contributed by atoms with van der Waals surface area (Å²) < 4.78 is 0. The molecule has 0 spiro atoms. The SMILES string of the molecule is Cc1ccc(NC(c2ccccc2)C2CCCCC2)cn1. The molecule has 1 saturated carbocycles. The number of anilines is 1. The number of aromatic nitrogens is 1. The van der Waals surface area contributed by atoms with E-state index < -0.39 is 0 Å². The Morgan fingerprint density at radius 3 is 2.43 bits per heavy atom. The summed E-state index contributed by atoms with van der Waals surface area (Å²) >= 11 is 0. The van der Waals surface area contributed by atoms with E-state index in [1.54, 1.807) is 0 Å². The van der Waals surface area contributed by atoms with Crippen LogP contribution in [0.15, 0.2) is 48.7 Å². The van der Waals surface area contributed by atoms with Gasteiger partial charge in [0.15, 0.2) is 0 Å². The van der Waals surface area contributed by atoms with Crippen LogP contribution in [0.25, 0.3) is 0 Å². The first kappa shape index (κ1) is 14.1. The minimum absolute atomic E-state index is 0.399. The highest BCUT2D eigenvalue weighted by molar-refractivity contribution is 5.44. The van der Waals surface area contributed by atoms with Crippen LogP contribution in [-0.2, 0) is 0 Å². The predicted molar refractivity (Wildman–Crippen MR) is 88.4 cm³/mol. The zero-order valence-corrected chi connectivity index (χ0v) is 12.8.